The molecule has 0 unspecified atom stereocenters. The number of ether oxygens (including phenoxy) is 6. The second-order valence-electron chi connectivity index (χ2n) is 18.3. The number of esters is 4. The Hall–Kier alpha value is -9.88. The molecule has 408 valence electrons. The van der Waals surface area contributed by atoms with Crippen LogP contribution < -0.4 is 9.47 Å². The molecule has 0 radical (unpaired) electrons. The Bertz CT molecular complexity index is 4060. The van der Waals surface area contributed by atoms with Gasteiger partial charge in [-0.2, -0.15) is 21.0 Å². The second-order valence-corrected chi connectivity index (χ2v) is 24.6. The Morgan fingerprint density at radius 3 is 1.00 bits per heavy atom. The zero-order valence-electron chi connectivity index (χ0n) is 43.1. The Kier molecular flexibility index (Phi) is 15.1. The molecule has 0 aliphatic carbocycles. The quantitative estimate of drug-likeness (QED) is 0.0378. The van der Waals surface area contributed by atoms with Gasteiger partial charge in [-0.25, -0.2) is 29.2 Å². The summed E-state index contributed by atoms with van der Waals surface area (Å²) < 4.78 is 39.2. The zero-order valence-corrected chi connectivity index (χ0v) is 48.0. The van der Waals surface area contributed by atoms with Gasteiger partial charge in [0.2, 0.25) is 11.4 Å². The van der Waals surface area contributed by atoms with Crippen LogP contribution in [0.1, 0.15) is 33.4 Å². The van der Waals surface area contributed by atoms with E-state index in [2.05, 4.69) is 9.98 Å². The van der Waals surface area contributed by atoms with Crippen molar-refractivity contribution in [2.24, 2.45) is 9.98 Å². The van der Waals surface area contributed by atoms with Gasteiger partial charge in [0.25, 0.3) is 0 Å². The molecule has 16 nitrogen and oxygen atoms in total. The van der Waals surface area contributed by atoms with E-state index in [0.29, 0.717) is 80.7 Å². The van der Waals surface area contributed by atoms with Crippen LogP contribution in [0.15, 0.2) is 168 Å². The zero-order chi connectivity index (χ0) is 58.0. The van der Waals surface area contributed by atoms with Gasteiger partial charge in [0.05, 0.1) is 28.9 Å². The average Bonchev–Trinajstić information content (AvgIpc) is 1.57. The maximum absolute atomic E-state index is 15.4. The fourth-order valence-corrected chi connectivity index (χ4v) is 16.4. The van der Waals surface area contributed by atoms with Crippen molar-refractivity contribution in [2.75, 3.05) is 0 Å². The lowest BCUT2D eigenvalue weighted by Crippen LogP contribution is -2.52. The third-order valence-corrected chi connectivity index (χ3v) is 20.5. The smallest absolute Gasteiger partial charge is 0.367 e. The number of hydrogen-bond acceptors (Lipinski definition) is 22. The van der Waals surface area contributed by atoms with Crippen LogP contribution in [0.25, 0.3) is 48.4 Å². The Labute approximate surface area is 501 Å². The topological polar surface area (TPSA) is 244 Å². The van der Waals surface area contributed by atoms with E-state index in [1.807, 2.05) is 24.3 Å². The monoisotopic (exact) mass is 1210 g/mol. The van der Waals surface area contributed by atoms with Crippen molar-refractivity contribution in [2.45, 2.75) is 37.6 Å². The first kappa shape index (κ1) is 54.7. The number of rotatable bonds is 16. The van der Waals surface area contributed by atoms with Gasteiger partial charge in [0.15, 0.2) is 11.5 Å². The van der Waals surface area contributed by atoms with E-state index in [0.717, 1.165) is 0 Å². The molecule has 84 heavy (non-hydrogen) atoms. The molecule has 0 fully saturated rings. The van der Waals surface area contributed by atoms with E-state index in [9.17, 15) is 21.0 Å². The highest BCUT2D eigenvalue weighted by molar-refractivity contribution is 7.36. The molecule has 2 aliphatic rings. The van der Waals surface area contributed by atoms with Gasteiger partial charge in [-0.1, -0.05) is 121 Å². The lowest BCUT2D eigenvalue weighted by Gasteiger charge is -2.33. The van der Waals surface area contributed by atoms with Crippen molar-refractivity contribution in [1.82, 2.24) is 0 Å². The third kappa shape index (κ3) is 10.1. The molecule has 0 spiro atoms. The summed E-state index contributed by atoms with van der Waals surface area (Å²) in [6, 6.07) is 52.9. The van der Waals surface area contributed by atoms with Crippen LogP contribution in [0.2, 0.25) is 0 Å². The van der Waals surface area contributed by atoms with E-state index in [1.165, 1.54) is 68.0 Å². The highest BCUT2D eigenvalue weighted by Gasteiger charge is 2.62. The van der Waals surface area contributed by atoms with Gasteiger partial charge in [-0.3, -0.25) is 0 Å². The highest BCUT2D eigenvalue weighted by Crippen LogP contribution is 2.66. The molecule has 0 N–H and O–H groups in total. The Morgan fingerprint density at radius 1 is 0.393 bits per heavy atom. The average molecular weight is 1220 g/mol. The predicted octanol–water partition coefficient (Wildman–Crippen LogP) is 14.3. The molecule has 22 heteroatoms. The number of nitrogens with zero attached hydrogens (tertiary/aromatic N) is 6. The SMILES string of the molecule is N#CC(C#N)=Nc1ccc(-c2cc3c(s2)-c2sc4c5c(sc4c2OC3(C(=O)OCc2ccccc2)C(=O)OCc2ccccc2)-c2sc(-c3ccc(N=C(C#N)C#N)s3)cc2C(C(=O)OCc2ccccc2)(C(=O)OCc2ccccc2)O5)s1. The summed E-state index contributed by atoms with van der Waals surface area (Å²) in [7, 11) is 0. The first-order valence-electron chi connectivity index (χ1n) is 25.1. The number of fused-ring (bicyclic) bond motifs is 9. The summed E-state index contributed by atoms with van der Waals surface area (Å²) in [5, 5.41) is 38.7. The normalized spacial score (nSPS) is 12.8. The molecule has 8 heterocycles. The molecule has 4 aromatic carbocycles. The largest absolute Gasteiger partial charge is 0.457 e. The number of benzene rings is 4. The predicted molar refractivity (Wildman–Crippen MR) is 319 cm³/mol. The van der Waals surface area contributed by atoms with Gasteiger partial charge >= 0.3 is 35.1 Å². The summed E-state index contributed by atoms with van der Waals surface area (Å²) in [4.78, 5) is 74.1. The molecule has 0 amide bonds. The van der Waals surface area contributed by atoms with Crippen LogP contribution in [0, 0.1) is 45.3 Å². The summed E-state index contributed by atoms with van der Waals surface area (Å²) in [6.45, 7) is -0.981. The number of hydrogen-bond donors (Lipinski definition) is 0. The van der Waals surface area contributed by atoms with Crippen molar-refractivity contribution < 1.29 is 47.6 Å². The second kappa shape index (κ2) is 23.2. The molecule has 0 saturated heterocycles. The fraction of sp³-hybridized carbons (Fsp3) is 0.0968. The molecule has 10 aromatic rings. The minimum Gasteiger partial charge on any atom is -0.457 e. The van der Waals surface area contributed by atoms with Gasteiger partial charge in [-0.05, 0) is 58.7 Å². The molecule has 2 aliphatic heterocycles. The van der Waals surface area contributed by atoms with E-state index >= 15 is 19.2 Å². The number of thiophene rings is 6. The summed E-state index contributed by atoms with van der Waals surface area (Å²) in [5.74, 6) is -4.14. The van der Waals surface area contributed by atoms with Crippen LogP contribution >= 0.6 is 68.0 Å². The number of nitriles is 4. The van der Waals surface area contributed by atoms with E-state index < -0.39 is 35.1 Å². The molecule has 0 saturated carbocycles. The molecular formula is C62H34N6O10S6. The van der Waals surface area contributed by atoms with Gasteiger partial charge < -0.3 is 28.4 Å². The van der Waals surface area contributed by atoms with Crippen molar-refractivity contribution >= 4 is 123 Å². The first-order chi connectivity index (χ1) is 41.0. The molecule has 0 atom stereocenters. The summed E-state index contributed by atoms with van der Waals surface area (Å²) >= 11 is 7.18. The number of aliphatic imine (C=N–C) groups is 2. The molecule has 6 aromatic heterocycles. The van der Waals surface area contributed by atoms with Crippen LogP contribution in [-0.2, 0) is 75.8 Å². The van der Waals surface area contributed by atoms with Gasteiger partial charge in [-0.15, -0.1) is 68.0 Å². The Morgan fingerprint density at radius 2 is 0.702 bits per heavy atom. The van der Waals surface area contributed by atoms with Crippen molar-refractivity contribution in [3.63, 3.8) is 0 Å². The van der Waals surface area contributed by atoms with Gasteiger partial charge in [0, 0.05) is 30.6 Å². The van der Waals surface area contributed by atoms with Crippen LogP contribution in [0.3, 0.4) is 0 Å². The number of carbonyl (C=O) groups is 4. The van der Waals surface area contributed by atoms with Crippen LogP contribution in [0.5, 0.6) is 11.5 Å². The summed E-state index contributed by atoms with van der Waals surface area (Å²) in [5.41, 5.74) is -3.21. The minimum absolute atomic E-state index is 0.0881. The molecule has 0 bridgehead atoms. The highest BCUT2D eigenvalue weighted by atomic mass is 32.1. The van der Waals surface area contributed by atoms with E-state index in [4.69, 9.17) is 28.4 Å². The lowest BCUT2D eigenvalue weighted by atomic mass is 9.90. The van der Waals surface area contributed by atoms with Crippen molar-refractivity contribution in [1.29, 1.82) is 21.0 Å². The van der Waals surface area contributed by atoms with Crippen LogP contribution in [0.4, 0.5) is 10.0 Å². The maximum atomic E-state index is 15.4. The van der Waals surface area contributed by atoms with E-state index in [-0.39, 0.29) is 60.5 Å². The van der Waals surface area contributed by atoms with Crippen molar-refractivity contribution in [3.8, 4) is 74.8 Å². The molecular weight excluding hydrogens is 1180 g/mol. The lowest BCUT2D eigenvalue weighted by molar-refractivity contribution is -0.185. The first-order valence-corrected chi connectivity index (χ1v) is 30.0. The standard InChI is InChI=1S/C62H34N6O10S6/c63-27-39(28-64)67-47-23-21-43(79-47)45-25-41-51(81-45)53-49(77-61(41,57(69)73-31-35-13-5-1-6-14-35)58(70)74-32-36-15-7-2-8-16-36)55-56(83-53)50-54(84-55)52-42(26-46(82-52)44-22-24-48(80-44)68-40(29-65)30-66)62(78-50,59(71)75-33-37-17-9-3-10-18-37)60(72)76-34-38-19-11-4-12-20-38/h1-26H,31-34H2. The van der Waals surface area contributed by atoms with E-state index in [1.54, 1.807) is 158 Å². The summed E-state index contributed by atoms with van der Waals surface area (Å²) in [6.07, 6.45) is 0. The van der Waals surface area contributed by atoms with Crippen LogP contribution in [-0.4, -0.2) is 35.3 Å². The fourth-order valence-electron chi connectivity index (χ4n) is 9.16. The Balaban J connectivity index is 1.06. The third-order valence-electron chi connectivity index (χ3n) is 13.1. The van der Waals surface area contributed by atoms with Crippen molar-refractivity contribution in [3.05, 3.63) is 191 Å². The minimum atomic E-state index is -2.61. The molecule has 12 rings (SSSR count). The maximum Gasteiger partial charge on any atom is 0.367 e. The van der Waals surface area contributed by atoms with Gasteiger partial charge in [0.1, 0.15) is 60.7 Å². The number of carbonyl (C=O) groups excluding carboxylic acids is 4.